The summed E-state index contributed by atoms with van der Waals surface area (Å²) < 4.78 is 0. The molecule has 1 aromatic carbocycles. The second-order valence-electron chi connectivity index (χ2n) is 4.23. The number of rotatable bonds is 4. The Morgan fingerprint density at radius 2 is 1.94 bits per heavy atom. The van der Waals surface area contributed by atoms with E-state index in [-0.39, 0.29) is 0 Å². The number of nitrogens with zero attached hydrogens (tertiary/aromatic N) is 1. The summed E-state index contributed by atoms with van der Waals surface area (Å²) in [5.41, 5.74) is 2.53. The highest BCUT2D eigenvalue weighted by atomic mass is 15.0. The highest BCUT2D eigenvalue weighted by Gasteiger charge is 2.08. The molecular formula is C15H18N2. The Hall–Kier alpha value is -1.83. The molecule has 0 fully saturated rings. The predicted molar refractivity (Wildman–Crippen MR) is 72.1 cm³/mol. The smallest absolute Gasteiger partial charge is 0.126 e. The average Bonchev–Trinajstić information content (AvgIpc) is 2.37. The summed E-state index contributed by atoms with van der Waals surface area (Å²) in [7, 11) is 0. The van der Waals surface area contributed by atoms with Crippen LogP contribution in [0.5, 0.6) is 0 Å². The molecule has 88 valence electrons. The van der Waals surface area contributed by atoms with Crippen LogP contribution in [-0.2, 0) is 0 Å². The van der Waals surface area contributed by atoms with Gasteiger partial charge in [-0.15, -0.1) is 0 Å². The van der Waals surface area contributed by atoms with Crippen LogP contribution in [0.4, 0.5) is 5.82 Å². The Balaban J connectivity index is 2.16. The molecular weight excluding hydrogens is 208 g/mol. The molecule has 1 N–H and O–H groups in total. The van der Waals surface area contributed by atoms with Crippen LogP contribution in [0.3, 0.4) is 0 Å². The number of aromatic nitrogens is 1. The second-order valence-corrected chi connectivity index (χ2v) is 4.23. The first-order chi connectivity index (χ1) is 8.29. The van der Waals surface area contributed by atoms with E-state index in [1.54, 1.807) is 0 Å². The molecule has 2 nitrogen and oxygen atoms in total. The Labute approximate surface area is 103 Å². The second kappa shape index (κ2) is 5.48. The van der Waals surface area contributed by atoms with Crippen molar-refractivity contribution in [2.45, 2.75) is 26.3 Å². The number of pyridine rings is 1. The maximum atomic E-state index is 4.34. The lowest BCUT2D eigenvalue weighted by Gasteiger charge is -2.18. The molecule has 0 amide bonds. The Kier molecular flexibility index (Phi) is 3.76. The van der Waals surface area contributed by atoms with E-state index in [0.29, 0.717) is 6.04 Å². The van der Waals surface area contributed by atoms with Gasteiger partial charge in [-0.05, 0) is 36.6 Å². The van der Waals surface area contributed by atoms with E-state index in [2.05, 4.69) is 54.5 Å². The van der Waals surface area contributed by atoms with Crippen LogP contribution in [0.15, 0.2) is 48.7 Å². The maximum Gasteiger partial charge on any atom is 0.126 e. The molecule has 1 atom stereocenters. The summed E-state index contributed by atoms with van der Waals surface area (Å²) in [6.07, 6.45) is 2.88. The first-order valence-electron chi connectivity index (χ1n) is 6.03. The van der Waals surface area contributed by atoms with Gasteiger partial charge in [0.05, 0.1) is 6.04 Å². The molecule has 1 aromatic heterocycles. The van der Waals surface area contributed by atoms with Gasteiger partial charge in [0.2, 0.25) is 0 Å². The topological polar surface area (TPSA) is 24.9 Å². The summed E-state index contributed by atoms with van der Waals surface area (Å²) in [6, 6.07) is 14.9. The standard InChI is InChI=1S/C15H18N2/c1-3-14(13-7-5-4-6-8-13)17-15-11-12(2)9-10-16-15/h4-11,14H,3H2,1-2H3,(H,16,17). The van der Waals surface area contributed by atoms with Crippen molar-refractivity contribution in [2.75, 3.05) is 5.32 Å². The van der Waals surface area contributed by atoms with Gasteiger partial charge < -0.3 is 5.32 Å². The molecule has 0 radical (unpaired) electrons. The van der Waals surface area contributed by atoms with Gasteiger partial charge in [0, 0.05) is 6.20 Å². The zero-order chi connectivity index (χ0) is 12.1. The van der Waals surface area contributed by atoms with Gasteiger partial charge in [-0.3, -0.25) is 0 Å². The van der Waals surface area contributed by atoms with Crippen molar-refractivity contribution in [1.29, 1.82) is 0 Å². The van der Waals surface area contributed by atoms with Crippen LogP contribution in [0.25, 0.3) is 0 Å². The van der Waals surface area contributed by atoms with Crippen LogP contribution in [0, 0.1) is 6.92 Å². The zero-order valence-corrected chi connectivity index (χ0v) is 10.4. The number of benzene rings is 1. The quantitative estimate of drug-likeness (QED) is 0.853. The molecule has 2 rings (SSSR count). The van der Waals surface area contributed by atoms with E-state index in [0.717, 1.165) is 12.2 Å². The molecule has 1 heterocycles. The first-order valence-corrected chi connectivity index (χ1v) is 6.03. The molecule has 0 saturated heterocycles. The number of aryl methyl sites for hydroxylation is 1. The minimum Gasteiger partial charge on any atom is -0.363 e. The number of anilines is 1. The third-order valence-electron chi connectivity index (χ3n) is 2.85. The van der Waals surface area contributed by atoms with E-state index in [1.807, 2.05) is 18.3 Å². The summed E-state index contributed by atoms with van der Waals surface area (Å²) in [6.45, 7) is 4.26. The predicted octanol–water partition coefficient (Wildman–Crippen LogP) is 3.95. The van der Waals surface area contributed by atoms with Gasteiger partial charge in [-0.1, -0.05) is 37.3 Å². The minimum absolute atomic E-state index is 0.325. The monoisotopic (exact) mass is 226 g/mol. The molecule has 0 aliphatic rings. The fraction of sp³-hybridized carbons (Fsp3) is 0.267. The largest absolute Gasteiger partial charge is 0.363 e. The lowest BCUT2D eigenvalue weighted by Crippen LogP contribution is -2.10. The summed E-state index contributed by atoms with van der Waals surface area (Å²) in [5.74, 6) is 0.945. The minimum atomic E-state index is 0.325. The fourth-order valence-corrected chi connectivity index (χ4v) is 1.90. The van der Waals surface area contributed by atoms with Gasteiger partial charge >= 0.3 is 0 Å². The van der Waals surface area contributed by atoms with Crippen molar-refractivity contribution >= 4 is 5.82 Å². The third kappa shape index (κ3) is 3.06. The van der Waals surface area contributed by atoms with Crippen molar-refractivity contribution in [3.05, 3.63) is 59.8 Å². The zero-order valence-electron chi connectivity index (χ0n) is 10.4. The molecule has 0 aliphatic heterocycles. The molecule has 2 heteroatoms. The summed E-state index contributed by atoms with van der Waals surface area (Å²) in [5, 5.41) is 3.47. The average molecular weight is 226 g/mol. The van der Waals surface area contributed by atoms with Crippen molar-refractivity contribution in [3.8, 4) is 0 Å². The van der Waals surface area contributed by atoms with Crippen LogP contribution < -0.4 is 5.32 Å². The van der Waals surface area contributed by atoms with E-state index in [1.165, 1.54) is 11.1 Å². The SMILES string of the molecule is CCC(Nc1cc(C)ccn1)c1ccccc1. The number of nitrogens with one attached hydrogen (secondary N) is 1. The van der Waals surface area contributed by atoms with Crippen molar-refractivity contribution in [1.82, 2.24) is 4.98 Å². The van der Waals surface area contributed by atoms with E-state index in [9.17, 15) is 0 Å². The Morgan fingerprint density at radius 1 is 1.18 bits per heavy atom. The van der Waals surface area contributed by atoms with Crippen molar-refractivity contribution in [2.24, 2.45) is 0 Å². The normalized spacial score (nSPS) is 12.1. The molecule has 0 saturated carbocycles. The molecule has 2 aromatic rings. The fourth-order valence-electron chi connectivity index (χ4n) is 1.90. The Morgan fingerprint density at radius 3 is 2.59 bits per heavy atom. The highest BCUT2D eigenvalue weighted by molar-refractivity contribution is 5.40. The highest BCUT2D eigenvalue weighted by Crippen LogP contribution is 2.21. The number of hydrogen-bond acceptors (Lipinski definition) is 2. The molecule has 0 spiro atoms. The van der Waals surface area contributed by atoms with Gasteiger partial charge in [-0.2, -0.15) is 0 Å². The first kappa shape index (κ1) is 11.6. The van der Waals surface area contributed by atoms with Crippen LogP contribution in [-0.4, -0.2) is 4.98 Å². The molecule has 17 heavy (non-hydrogen) atoms. The Bertz CT molecular complexity index is 465. The lowest BCUT2D eigenvalue weighted by molar-refractivity contribution is 0.744. The summed E-state index contributed by atoms with van der Waals surface area (Å²) >= 11 is 0. The third-order valence-corrected chi connectivity index (χ3v) is 2.85. The summed E-state index contributed by atoms with van der Waals surface area (Å²) in [4.78, 5) is 4.34. The maximum absolute atomic E-state index is 4.34. The number of hydrogen-bond donors (Lipinski definition) is 1. The van der Waals surface area contributed by atoms with E-state index >= 15 is 0 Å². The van der Waals surface area contributed by atoms with Crippen molar-refractivity contribution < 1.29 is 0 Å². The molecule has 0 bridgehead atoms. The van der Waals surface area contributed by atoms with Crippen molar-refractivity contribution in [3.63, 3.8) is 0 Å². The van der Waals surface area contributed by atoms with Gasteiger partial charge in [-0.25, -0.2) is 4.98 Å². The molecule has 1 unspecified atom stereocenters. The lowest BCUT2D eigenvalue weighted by atomic mass is 10.0. The van der Waals surface area contributed by atoms with Crippen LogP contribution in [0.2, 0.25) is 0 Å². The van der Waals surface area contributed by atoms with Gasteiger partial charge in [0.25, 0.3) is 0 Å². The van der Waals surface area contributed by atoms with E-state index in [4.69, 9.17) is 0 Å². The molecule has 0 aliphatic carbocycles. The van der Waals surface area contributed by atoms with Gasteiger partial charge in [0.1, 0.15) is 5.82 Å². The van der Waals surface area contributed by atoms with Gasteiger partial charge in [0.15, 0.2) is 0 Å². The van der Waals surface area contributed by atoms with Crippen LogP contribution >= 0.6 is 0 Å². The van der Waals surface area contributed by atoms with E-state index < -0.39 is 0 Å². The van der Waals surface area contributed by atoms with Crippen LogP contribution in [0.1, 0.15) is 30.5 Å².